The predicted molar refractivity (Wildman–Crippen MR) is 91.0 cm³/mol. The summed E-state index contributed by atoms with van der Waals surface area (Å²) >= 11 is 1.70. The van der Waals surface area contributed by atoms with E-state index in [0.29, 0.717) is 12.1 Å². The molecule has 4 nitrogen and oxygen atoms in total. The third-order valence-electron chi connectivity index (χ3n) is 4.22. The van der Waals surface area contributed by atoms with Gasteiger partial charge in [-0.3, -0.25) is 4.90 Å². The number of thiazole rings is 1. The zero-order valence-electron chi connectivity index (χ0n) is 13.8. The molecular formula is C17H24N4S. The number of aryl methyl sites for hydroxylation is 2. The van der Waals surface area contributed by atoms with Crippen LogP contribution in [0.4, 0.5) is 0 Å². The first kappa shape index (κ1) is 15.6. The first-order valence-electron chi connectivity index (χ1n) is 8.08. The summed E-state index contributed by atoms with van der Waals surface area (Å²) in [5.74, 6) is 0.969. The maximum atomic E-state index is 4.87. The lowest BCUT2D eigenvalue weighted by Gasteiger charge is -2.37. The largest absolute Gasteiger partial charge is 0.291 e. The molecule has 118 valence electrons. The first-order chi connectivity index (χ1) is 10.5. The van der Waals surface area contributed by atoms with Gasteiger partial charge in [-0.1, -0.05) is 6.42 Å². The Labute approximate surface area is 136 Å². The molecule has 3 rings (SSSR count). The quantitative estimate of drug-likeness (QED) is 0.853. The minimum Gasteiger partial charge on any atom is -0.291 e. The second-order valence-electron chi connectivity index (χ2n) is 6.37. The molecule has 1 fully saturated rings. The fourth-order valence-corrected chi connectivity index (χ4v) is 3.90. The highest BCUT2D eigenvalue weighted by Gasteiger charge is 2.28. The number of aromatic nitrogens is 3. The molecule has 1 saturated heterocycles. The SMILES string of the molecule is Cc1cc(-c2ncc(C)s2)nc([C@@H]2CCCCN2C(C)C)n1. The van der Waals surface area contributed by atoms with E-state index in [0.717, 1.165) is 35.2 Å². The fraction of sp³-hybridized carbons (Fsp3) is 0.588. The smallest absolute Gasteiger partial charge is 0.146 e. The van der Waals surface area contributed by atoms with Gasteiger partial charge in [0.2, 0.25) is 0 Å². The fourth-order valence-electron chi connectivity index (χ4n) is 3.17. The second-order valence-corrected chi connectivity index (χ2v) is 7.61. The van der Waals surface area contributed by atoms with Crippen molar-refractivity contribution in [1.82, 2.24) is 19.9 Å². The van der Waals surface area contributed by atoms with Crippen LogP contribution in [0.15, 0.2) is 12.3 Å². The third-order valence-corrected chi connectivity index (χ3v) is 5.15. The molecule has 1 aliphatic rings. The van der Waals surface area contributed by atoms with Crippen molar-refractivity contribution in [2.24, 2.45) is 0 Å². The van der Waals surface area contributed by atoms with E-state index in [2.05, 4.69) is 37.6 Å². The van der Waals surface area contributed by atoms with Crippen molar-refractivity contribution >= 4 is 11.3 Å². The topological polar surface area (TPSA) is 41.9 Å². The zero-order chi connectivity index (χ0) is 15.7. The molecule has 3 heterocycles. The summed E-state index contributed by atoms with van der Waals surface area (Å²) < 4.78 is 0. The summed E-state index contributed by atoms with van der Waals surface area (Å²) in [6, 6.07) is 2.91. The molecule has 0 bridgehead atoms. The van der Waals surface area contributed by atoms with Crippen LogP contribution < -0.4 is 0 Å². The van der Waals surface area contributed by atoms with Gasteiger partial charge in [0.05, 0.1) is 6.04 Å². The van der Waals surface area contributed by atoms with E-state index >= 15 is 0 Å². The van der Waals surface area contributed by atoms with E-state index < -0.39 is 0 Å². The molecule has 0 amide bonds. The molecule has 5 heteroatoms. The average Bonchev–Trinajstić information content (AvgIpc) is 2.93. The van der Waals surface area contributed by atoms with Crippen molar-refractivity contribution in [1.29, 1.82) is 0 Å². The van der Waals surface area contributed by atoms with Crippen LogP contribution in [0.3, 0.4) is 0 Å². The number of nitrogens with zero attached hydrogens (tertiary/aromatic N) is 4. The summed E-state index contributed by atoms with van der Waals surface area (Å²) in [4.78, 5) is 17.9. The van der Waals surface area contributed by atoms with E-state index in [1.165, 1.54) is 17.7 Å². The van der Waals surface area contributed by atoms with Gasteiger partial charge in [-0.15, -0.1) is 11.3 Å². The van der Waals surface area contributed by atoms with Crippen LogP contribution in [0.25, 0.3) is 10.7 Å². The van der Waals surface area contributed by atoms with E-state index in [1.807, 2.05) is 12.3 Å². The minimum absolute atomic E-state index is 0.341. The average molecular weight is 316 g/mol. The molecule has 1 atom stereocenters. The number of rotatable bonds is 3. The normalized spacial score (nSPS) is 19.8. The van der Waals surface area contributed by atoms with Gasteiger partial charge in [0.1, 0.15) is 16.5 Å². The van der Waals surface area contributed by atoms with Crippen molar-refractivity contribution in [3.05, 3.63) is 28.7 Å². The molecule has 0 aromatic carbocycles. The molecule has 0 radical (unpaired) electrons. The van der Waals surface area contributed by atoms with E-state index in [-0.39, 0.29) is 0 Å². The number of hydrogen-bond acceptors (Lipinski definition) is 5. The van der Waals surface area contributed by atoms with Gasteiger partial charge >= 0.3 is 0 Å². The molecule has 0 unspecified atom stereocenters. The maximum Gasteiger partial charge on any atom is 0.146 e. The highest BCUT2D eigenvalue weighted by Crippen LogP contribution is 2.32. The molecule has 22 heavy (non-hydrogen) atoms. The van der Waals surface area contributed by atoms with Crippen LogP contribution in [0.5, 0.6) is 0 Å². The van der Waals surface area contributed by atoms with E-state index in [9.17, 15) is 0 Å². The van der Waals surface area contributed by atoms with Gasteiger partial charge in [0.15, 0.2) is 0 Å². The maximum absolute atomic E-state index is 4.87. The van der Waals surface area contributed by atoms with Crippen LogP contribution in [0, 0.1) is 13.8 Å². The van der Waals surface area contributed by atoms with Gasteiger partial charge in [0, 0.05) is 22.8 Å². The molecule has 2 aromatic heterocycles. The van der Waals surface area contributed by atoms with Crippen LogP contribution in [0.2, 0.25) is 0 Å². The van der Waals surface area contributed by atoms with E-state index in [1.54, 1.807) is 11.3 Å². The zero-order valence-corrected chi connectivity index (χ0v) is 14.7. The predicted octanol–water partition coefficient (Wildman–Crippen LogP) is 4.15. The summed E-state index contributed by atoms with van der Waals surface area (Å²) in [5.41, 5.74) is 2.00. The monoisotopic (exact) mass is 316 g/mol. The summed E-state index contributed by atoms with van der Waals surface area (Å²) in [7, 11) is 0. The molecule has 2 aromatic rings. The highest BCUT2D eigenvalue weighted by molar-refractivity contribution is 7.14. The molecule has 0 saturated carbocycles. The minimum atomic E-state index is 0.341. The Balaban J connectivity index is 1.98. The van der Waals surface area contributed by atoms with E-state index in [4.69, 9.17) is 9.97 Å². The Morgan fingerprint density at radius 3 is 2.73 bits per heavy atom. The van der Waals surface area contributed by atoms with Crippen molar-refractivity contribution in [3.63, 3.8) is 0 Å². The van der Waals surface area contributed by atoms with Gasteiger partial charge in [0.25, 0.3) is 0 Å². The number of likely N-dealkylation sites (tertiary alicyclic amines) is 1. The van der Waals surface area contributed by atoms with Crippen molar-refractivity contribution < 1.29 is 0 Å². The highest BCUT2D eigenvalue weighted by atomic mass is 32.1. The lowest BCUT2D eigenvalue weighted by Crippen LogP contribution is -2.39. The molecule has 0 aliphatic carbocycles. The van der Waals surface area contributed by atoms with Gasteiger partial charge in [-0.25, -0.2) is 15.0 Å². The van der Waals surface area contributed by atoms with Gasteiger partial charge in [-0.2, -0.15) is 0 Å². The summed E-state index contributed by atoms with van der Waals surface area (Å²) in [6.45, 7) is 9.80. The number of hydrogen-bond donors (Lipinski definition) is 0. The molecule has 0 N–H and O–H groups in total. The Morgan fingerprint density at radius 1 is 1.23 bits per heavy atom. The second kappa shape index (κ2) is 6.42. The van der Waals surface area contributed by atoms with Crippen LogP contribution >= 0.6 is 11.3 Å². The Morgan fingerprint density at radius 2 is 2.05 bits per heavy atom. The summed E-state index contributed by atoms with van der Waals surface area (Å²) in [6.07, 6.45) is 5.60. The lowest BCUT2D eigenvalue weighted by atomic mass is 9.99. The Bertz CT molecular complexity index is 650. The molecular weight excluding hydrogens is 292 g/mol. The van der Waals surface area contributed by atoms with Crippen molar-refractivity contribution in [2.75, 3.05) is 6.54 Å². The molecule has 1 aliphatic heterocycles. The van der Waals surface area contributed by atoms with Crippen molar-refractivity contribution in [3.8, 4) is 10.7 Å². The van der Waals surface area contributed by atoms with Crippen LogP contribution in [-0.4, -0.2) is 32.4 Å². The third kappa shape index (κ3) is 3.20. The Hall–Kier alpha value is -1.33. The van der Waals surface area contributed by atoms with Gasteiger partial charge in [-0.05, 0) is 53.1 Å². The Kier molecular flexibility index (Phi) is 4.54. The van der Waals surface area contributed by atoms with Gasteiger partial charge < -0.3 is 0 Å². The standard InChI is InChI=1S/C17H24N4S/c1-11(2)21-8-6-5-7-15(21)16-19-12(3)9-14(20-16)17-18-10-13(4)22-17/h9-11,15H,5-8H2,1-4H3/t15-/m0/s1. The van der Waals surface area contributed by atoms with Crippen LogP contribution in [-0.2, 0) is 0 Å². The lowest BCUT2D eigenvalue weighted by molar-refractivity contribution is 0.106. The molecule has 0 spiro atoms. The number of piperidine rings is 1. The van der Waals surface area contributed by atoms with Crippen LogP contribution in [0.1, 0.15) is 55.5 Å². The summed E-state index contributed by atoms with van der Waals surface area (Å²) in [5, 5.41) is 0.996. The first-order valence-corrected chi connectivity index (χ1v) is 8.90. The van der Waals surface area contributed by atoms with Crippen molar-refractivity contribution in [2.45, 2.75) is 59.0 Å².